The van der Waals surface area contributed by atoms with E-state index in [2.05, 4.69) is 17.0 Å². The lowest BCUT2D eigenvalue weighted by Crippen LogP contribution is -2.25. The summed E-state index contributed by atoms with van der Waals surface area (Å²) in [5, 5.41) is 10.3. The van der Waals surface area contributed by atoms with Crippen LogP contribution in [0.15, 0.2) is 48.5 Å². The lowest BCUT2D eigenvalue weighted by molar-refractivity contribution is 0.120. The van der Waals surface area contributed by atoms with E-state index >= 15 is 0 Å². The van der Waals surface area contributed by atoms with Crippen LogP contribution in [0.4, 0.5) is 4.39 Å². The number of aliphatic hydroxyl groups excluding tert-OH is 1. The summed E-state index contributed by atoms with van der Waals surface area (Å²) in [5.74, 6) is -0.181. The molecule has 0 radical (unpaired) electrons. The van der Waals surface area contributed by atoms with Crippen LogP contribution in [0.1, 0.15) is 24.0 Å². The molecular weight excluding hydrogens is 313 g/mol. The third-order valence-electron chi connectivity index (χ3n) is 4.68. The molecule has 1 heterocycles. The number of hydrogen-bond donors (Lipinski definition) is 1. The summed E-state index contributed by atoms with van der Waals surface area (Å²) in [5.41, 5.74) is 2.16. The Balaban J connectivity index is 1.79. The average Bonchev–Trinajstić information content (AvgIpc) is 2.95. The van der Waals surface area contributed by atoms with Crippen molar-refractivity contribution in [1.29, 1.82) is 0 Å². The van der Waals surface area contributed by atoms with Gasteiger partial charge in [0.25, 0.3) is 0 Å². The van der Waals surface area contributed by atoms with Crippen LogP contribution in [0.3, 0.4) is 0 Å². The molecule has 23 heavy (non-hydrogen) atoms. The lowest BCUT2D eigenvalue weighted by atomic mass is 9.86. The summed E-state index contributed by atoms with van der Waals surface area (Å²) >= 11 is 5.79. The maximum Gasteiger partial charge on any atom is 0.142 e. The van der Waals surface area contributed by atoms with Crippen LogP contribution in [0.2, 0.25) is 5.02 Å². The second-order valence-electron chi connectivity index (χ2n) is 6.36. The molecule has 0 amide bonds. The van der Waals surface area contributed by atoms with E-state index in [0.29, 0.717) is 0 Å². The molecule has 4 heteroatoms. The van der Waals surface area contributed by atoms with E-state index in [-0.39, 0.29) is 16.9 Å². The first-order valence-corrected chi connectivity index (χ1v) is 8.31. The van der Waals surface area contributed by atoms with Gasteiger partial charge in [0.2, 0.25) is 0 Å². The molecule has 122 valence electrons. The molecule has 0 aliphatic carbocycles. The number of benzene rings is 2. The summed E-state index contributed by atoms with van der Waals surface area (Å²) in [4.78, 5) is 2.32. The molecule has 1 saturated heterocycles. The first-order valence-electron chi connectivity index (χ1n) is 7.94. The van der Waals surface area contributed by atoms with Crippen LogP contribution in [-0.4, -0.2) is 29.2 Å². The van der Waals surface area contributed by atoms with Crippen LogP contribution in [0.5, 0.6) is 0 Å². The van der Waals surface area contributed by atoms with Crippen molar-refractivity contribution in [3.8, 4) is 0 Å². The van der Waals surface area contributed by atoms with Crippen LogP contribution in [-0.2, 0) is 6.54 Å². The second kappa shape index (κ2) is 7.00. The van der Waals surface area contributed by atoms with E-state index in [9.17, 15) is 9.50 Å². The Labute approximate surface area is 141 Å². The van der Waals surface area contributed by atoms with E-state index in [0.717, 1.165) is 25.2 Å². The molecule has 0 bridgehead atoms. The molecular formula is C19H21ClFNO. The fourth-order valence-electron chi connectivity index (χ4n) is 3.47. The standard InChI is InChI=1S/C19H21ClFNO/c1-13(23)16-11-22(10-14-5-3-2-4-6-14)12-17(16)15-7-8-18(20)19(21)9-15/h2-9,13,16-17,23H,10-12H2,1H3/t13-,16-,17-/m1/s1. The van der Waals surface area contributed by atoms with Crippen molar-refractivity contribution < 1.29 is 9.50 Å². The molecule has 0 unspecified atom stereocenters. The predicted octanol–water partition coefficient (Wildman–Crippen LogP) is 4.08. The van der Waals surface area contributed by atoms with E-state index in [1.54, 1.807) is 6.07 Å². The number of aliphatic hydroxyl groups is 1. The monoisotopic (exact) mass is 333 g/mol. The molecule has 0 spiro atoms. The fourth-order valence-corrected chi connectivity index (χ4v) is 3.59. The number of hydrogen-bond acceptors (Lipinski definition) is 2. The summed E-state index contributed by atoms with van der Waals surface area (Å²) < 4.78 is 13.8. The Kier molecular flexibility index (Phi) is 5.00. The minimum Gasteiger partial charge on any atom is -0.393 e. The Morgan fingerprint density at radius 2 is 1.96 bits per heavy atom. The maximum absolute atomic E-state index is 13.8. The summed E-state index contributed by atoms with van der Waals surface area (Å²) in [6.07, 6.45) is -0.431. The Hall–Kier alpha value is -1.42. The Morgan fingerprint density at radius 3 is 2.61 bits per heavy atom. The minimum atomic E-state index is -0.431. The Bertz CT molecular complexity index is 662. The highest BCUT2D eigenvalue weighted by atomic mass is 35.5. The number of rotatable bonds is 4. The van der Waals surface area contributed by atoms with Gasteiger partial charge in [-0.15, -0.1) is 0 Å². The van der Waals surface area contributed by atoms with Crippen LogP contribution < -0.4 is 0 Å². The number of likely N-dealkylation sites (tertiary alicyclic amines) is 1. The highest BCUT2D eigenvalue weighted by Crippen LogP contribution is 2.36. The number of nitrogens with zero attached hydrogens (tertiary/aromatic N) is 1. The molecule has 2 aromatic rings. The Morgan fingerprint density at radius 1 is 1.22 bits per heavy atom. The normalized spacial score (nSPS) is 23.1. The first-order chi connectivity index (χ1) is 11.0. The molecule has 3 atom stereocenters. The quantitative estimate of drug-likeness (QED) is 0.911. The van der Waals surface area contributed by atoms with Crippen molar-refractivity contribution in [3.05, 3.63) is 70.5 Å². The van der Waals surface area contributed by atoms with E-state index < -0.39 is 11.9 Å². The molecule has 1 aliphatic heterocycles. The van der Waals surface area contributed by atoms with Crippen molar-refractivity contribution in [2.24, 2.45) is 5.92 Å². The number of halogens is 2. The topological polar surface area (TPSA) is 23.5 Å². The van der Waals surface area contributed by atoms with E-state index in [4.69, 9.17) is 11.6 Å². The van der Waals surface area contributed by atoms with Gasteiger partial charge in [-0.2, -0.15) is 0 Å². The van der Waals surface area contributed by atoms with Gasteiger partial charge in [-0.1, -0.05) is 48.0 Å². The van der Waals surface area contributed by atoms with Gasteiger partial charge in [-0.3, -0.25) is 4.90 Å². The molecule has 1 aliphatic rings. The van der Waals surface area contributed by atoms with Crippen molar-refractivity contribution in [2.75, 3.05) is 13.1 Å². The fraction of sp³-hybridized carbons (Fsp3) is 0.368. The molecule has 2 aromatic carbocycles. The minimum absolute atomic E-state index is 0.0966. The van der Waals surface area contributed by atoms with Crippen LogP contribution in [0.25, 0.3) is 0 Å². The van der Waals surface area contributed by atoms with Gasteiger partial charge in [-0.05, 0) is 30.2 Å². The van der Waals surface area contributed by atoms with Crippen LogP contribution >= 0.6 is 11.6 Å². The average molecular weight is 334 g/mol. The summed E-state index contributed by atoms with van der Waals surface area (Å²) in [6, 6.07) is 15.3. The van der Waals surface area contributed by atoms with Crippen molar-refractivity contribution in [1.82, 2.24) is 4.90 Å². The van der Waals surface area contributed by atoms with Gasteiger partial charge in [0, 0.05) is 31.5 Å². The van der Waals surface area contributed by atoms with E-state index in [1.807, 2.05) is 31.2 Å². The van der Waals surface area contributed by atoms with Gasteiger partial charge < -0.3 is 5.11 Å². The zero-order chi connectivity index (χ0) is 16.4. The first kappa shape index (κ1) is 16.4. The molecule has 0 saturated carbocycles. The van der Waals surface area contributed by atoms with Gasteiger partial charge >= 0.3 is 0 Å². The zero-order valence-electron chi connectivity index (χ0n) is 13.1. The van der Waals surface area contributed by atoms with E-state index in [1.165, 1.54) is 11.6 Å². The molecule has 2 nitrogen and oxygen atoms in total. The third-order valence-corrected chi connectivity index (χ3v) is 4.99. The van der Waals surface area contributed by atoms with Gasteiger partial charge in [0.15, 0.2) is 0 Å². The zero-order valence-corrected chi connectivity index (χ0v) is 13.9. The van der Waals surface area contributed by atoms with Crippen molar-refractivity contribution in [2.45, 2.75) is 25.5 Å². The highest BCUT2D eigenvalue weighted by Gasteiger charge is 2.36. The summed E-state index contributed by atoms with van der Waals surface area (Å²) in [7, 11) is 0. The van der Waals surface area contributed by atoms with Gasteiger partial charge in [0.05, 0.1) is 11.1 Å². The van der Waals surface area contributed by atoms with Crippen molar-refractivity contribution in [3.63, 3.8) is 0 Å². The lowest BCUT2D eigenvalue weighted by Gasteiger charge is -2.21. The second-order valence-corrected chi connectivity index (χ2v) is 6.77. The van der Waals surface area contributed by atoms with Crippen molar-refractivity contribution >= 4 is 11.6 Å². The highest BCUT2D eigenvalue weighted by molar-refractivity contribution is 6.30. The van der Waals surface area contributed by atoms with Gasteiger partial charge in [0.1, 0.15) is 5.82 Å². The molecule has 3 rings (SSSR count). The third kappa shape index (κ3) is 3.74. The smallest absolute Gasteiger partial charge is 0.142 e. The SMILES string of the molecule is C[C@@H](O)[C@H]1CN(Cc2ccccc2)C[C@@H]1c1ccc(Cl)c(F)c1. The van der Waals surface area contributed by atoms with Crippen LogP contribution in [0, 0.1) is 11.7 Å². The largest absolute Gasteiger partial charge is 0.393 e. The molecule has 1 N–H and O–H groups in total. The maximum atomic E-state index is 13.8. The van der Waals surface area contributed by atoms with Gasteiger partial charge in [-0.25, -0.2) is 4.39 Å². The predicted molar refractivity (Wildman–Crippen MR) is 91.0 cm³/mol. The summed E-state index contributed by atoms with van der Waals surface area (Å²) in [6.45, 7) is 4.28. The molecule has 0 aromatic heterocycles. The molecule has 1 fully saturated rings.